The number of rotatable bonds is 5. The number of nitrogens with zero attached hydrogens (tertiary/aromatic N) is 1. The molecule has 0 saturated heterocycles. The van der Waals surface area contributed by atoms with E-state index in [2.05, 4.69) is 11.3 Å². The van der Waals surface area contributed by atoms with Crippen LogP contribution in [0.2, 0.25) is 0 Å². The number of halogens is 1. The zero-order chi connectivity index (χ0) is 13.7. The van der Waals surface area contributed by atoms with Gasteiger partial charge in [0.15, 0.2) is 6.17 Å². The molecule has 0 radical (unpaired) electrons. The van der Waals surface area contributed by atoms with Crippen molar-refractivity contribution in [3.05, 3.63) is 52.1 Å². The van der Waals surface area contributed by atoms with Gasteiger partial charge in [-0.15, -0.1) is 0 Å². The van der Waals surface area contributed by atoms with Gasteiger partial charge in [0.2, 0.25) is 0 Å². The predicted octanol–water partition coefficient (Wildman–Crippen LogP) is 2.72. The van der Waals surface area contributed by atoms with Gasteiger partial charge in [0.1, 0.15) is 0 Å². The number of benzene rings is 1. The Balaban J connectivity index is 3.04. The quantitative estimate of drug-likeness (QED) is 0.350. The Labute approximate surface area is 103 Å². The summed E-state index contributed by atoms with van der Waals surface area (Å²) in [6.07, 6.45) is -1.95. The third-order valence-corrected chi connectivity index (χ3v) is 2.25. The first-order chi connectivity index (χ1) is 8.49. The van der Waals surface area contributed by atoms with Crippen LogP contribution in [0, 0.1) is 10.1 Å². The van der Waals surface area contributed by atoms with Crippen LogP contribution in [0.4, 0.5) is 10.1 Å². The number of para-hydroxylation sites is 1. The average Bonchev–Trinajstić information content (AvgIpc) is 2.37. The first kappa shape index (κ1) is 13.8. The molecule has 0 bridgehead atoms. The fourth-order valence-corrected chi connectivity index (χ4v) is 1.38. The normalized spacial score (nSPS) is 11.7. The van der Waals surface area contributed by atoms with Crippen LogP contribution in [0.5, 0.6) is 0 Å². The Morgan fingerprint density at radius 3 is 2.72 bits per heavy atom. The van der Waals surface area contributed by atoms with Crippen LogP contribution < -0.4 is 0 Å². The highest BCUT2D eigenvalue weighted by atomic mass is 19.1. The van der Waals surface area contributed by atoms with Crippen molar-refractivity contribution < 1.29 is 18.8 Å². The molecule has 1 unspecified atom stereocenters. The van der Waals surface area contributed by atoms with Gasteiger partial charge in [0.25, 0.3) is 5.69 Å². The lowest BCUT2D eigenvalue weighted by atomic mass is 10.0. The highest BCUT2D eigenvalue weighted by Gasteiger charge is 2.27. The molecular formula is C12H12FNO4. The Bertz CT molecular complexity index is 487. The molecule has 6 heteroatoms. The number of nitro benzene ring substituents is 1. The Morgan fingerprint density at radius 1 is 1.56 bits per heavy atom. The molecule has 0 N–H and O–H groups in total. The molecule has 1 aromatic rings. The lowest BCUT2D eigenvalue weighted by Gasteiger charge is -2.10. The number of carbonyl (C=O) groups excluding carboxylic acids is 1. The molecule has 5 nitrogen and oxygen atoms in total. The van der Waals surface area contributed by atoms with E-state index in [4.69, 9.17) is 0 Å². The lowest BCUT2D eigenvalue weighted by Crippen LogP contribution is -2.12. The van der Waals surface area contributed by atoms with Gasteiger partial charge in [-0.05, 0) is 13.0 Å². The number of carbonyl (C=O) groups is 1. The highest BCUT2D eigenvalue weighted by molar-refractivity contribution is 5.89. The third kappa shape index (κ3) is 2.91. The molecule has 0 aliphatic heterocycles. The smallest absolute Gasteiger partial charge is 0.336 e. The number of esters is 1. The molecule has 0 spiro atoms. The minimum absolute atomic E-state index is 0.0848. The molecule has 96 valence electrons. The molecule has 0 heterocycles. The summed E-state index contributed by atoms with van der Waals surface area (Å²) in [6.45, 7) is 4.94. The van der Waals surface area contributed by atoms with Gasteiger partial charge in [0.05, 0.1) is 22.7 Å². The highest BCUT2D eigenvalue weighted by Crippen LogP contribution is 2.32. The van der Waals surface area contributed by atoms with Crippen LogP contribution in [-0.4, -0.2) is 17.5 Å². The Morgan fingerprint density at radius 2 is 2.17 bits per heavy atom. The molecule has 1 atom stereocenters. The summed E-state index contributed by atoms with van der Waals surface area (Å²) < 4.78 is 18.6. The van der Waals surface area contributed by atoms with E-state index in [0.717, 1.165) is 0 Å². The number of ether oxygens (including phenoxy) is 1. The summed E-state index contributed by atoms with van der Waals surface area (Å²) in [5.41, 5.74) is -1.05. The zero-order valence-corrected chi connectivity index (χ0v) is 9.76. The van der Waals surface area contributed by atoms with Gasteiger partial charge >= 0.3 is 5.97 Å². The minimum atomic E-state index is -1.95. The van der Waals surface area contributed by atoms with Crippen LogP contribution in [0.25, 0.3) is 0 Å². The summed E-state index contributed by atoms with van der Waals surface area (Å²) in [6, 6.07) is 5.28. The number of hydrogen-bond acceptors (Lipinski definition) is 4. The largest absolute Gasteiger partial charge is 0.463 e. The number of alkyl halides is 1. The van der Waals surface area contributed by atoms with Gasteiger partial charge in [-0.25, -0.2) is 9.18 Å². The molecule has 18 heavy (non-hydrogen) atoms. The van der Waals surface area contributed by atoms with E-state index in [1.807, 2.05) is 0 Å². The second kappa shape index (κ2) is 5.90. The molecular weight excluding hydrogens is 241 g/mol. The average molecular weight is 253 g/mol. The van der Waals surface area contributed by atoms with Crippen molar-refractivity contribution in [2.45, 2.75) is 13.1 Å². The van der Waals surface area contributed by atoms with E-state index < -0.39 is 28.3 Å². The summed E-state index contributed by atoms with van der Waals surface area (Å²) in [5, 5.41) is 10.7. The Hall–Kier alpha value is -2.24. The topological polar surface area (TPSA) is 69.4 Å². The second-order valence-corrected chi connectivity index (χ2v) is 3.42. The SMILES string of the molecule is C=C(C(=O)OCC)C(F)c1ccccc1[N+](=O)[O-]. The maximum Gasteiger partial charge on any atom is 0.336 e. The maximum absolute atomic E-state index is 14.0. The number of nitro groups is 1. The van der Waals surface area contributed by atoms with Crippen LogP contribution in [0.1, 0.15) is 18.7 Å². The van der Waals surface area contributed by atoms with Gasteiger partial charge in [-0.3, -0.25) is 10.1 Å². The third-order valence-electron chi connectivity index (χ3n) is 2.25. The van der Waals surface area contributed by atoms with Gasteiger partial charge in [-0.2, -0.15) is 0 Å². The fraction of sp³-hybridized carbons (Fsp3) is 0.250. The molecule has 0 aromatic heterocycles. The summed E-state index contributed by atoms with van der Waals surface area (Å²) in [7, 11) is 0. The molecule has 1 aromatic carbocycles. The minimum Gasteiger partial charge on any atom is -0.463 e. The van der Waals surface area contributed by atoms with Crippen molar-refractivity contribution in [3.8, 4) is 0 Å². The fourth-order valence-electron chi connectivity index (χ4n) is 1.38. The number of hydrogen-bond donors (Lipinski definition) is 0. The van der Waals surface area contributed by atoms with Gasteiger partial charge in [0, 0.05) is 6.07 Å². The van der Waals surface area contributed by atoms with Crippen molar-refractivity contribution in [2.75, 3.05) is 6.61 Å². The maximum atomic E-state index is 14.0. The van der Waals surface area contributed by atoms with Crippen molar-refractivity contribution >= 4 is 11.7 Å². The van der Waals surface area contributed by atoms with Crippen molar-refractivity contribution in [2.24, 2.45) is 0 Å². The van der Waals surface area contributed by atoms with Crippen molar-refractivity contribution in [1.82, 2.24) is 0 Å². The molecule has 0 fully saturated rings. The van der Waals surface area contributed by atoms with Crippen LogP contribution in [0.3, 0.4) is 0 Å². The first-order valence-electron chi connectivity index (χ1n) is 5.22. The predicted molar refractivity (Wildman–Crippen MR) is 62.7 cm³/mol. The monoisotopic (exact) mass is 253 g/mol. The Kier molecular flexibility index (Phi) is 4.53. The van der Waals surface area contributed by atoms with Crippen LogP contribution in [-0.2, 0) is 9.53 Å². The van der Waals surface area contributed by atoms with E-state index in [1.165, 1.54) is 24.3 Å². The summed E-state index contributed by atoms with van der Waals surface area (Å²) >= 11 is 0. The molecule has 0 aliphatic carbocycles. The molecule has 0 amide bonds. The summed E-state index contributed by atoms with van der Waals surface area (Å²) in [4.78, 5) is 21.3. The molecule has 1 rings (SSSR count). The van der Waals surface area contributed by atoms with E-state index in [0.29, 0.717) is 0 Å². The zero-order valence-electron chi connectivity index (χ0n) is 9.76. The van der Waals surface area contributed by atoms with E-state index in [1.54, 1.807) is 6.92 Å². The van der Waals surface area contributed by atoms with Crippen molar-refractivity contribution in [3.63, 3.8) is 0 Å². The standard InChI is InChI=1S/C12H12FNO4/c1-3-18-12(15)8(2)11(13)9-6-4-5-7-10(9)14(16)17/h4-7,11H,2-3H2,1H3. The van der Waals surface area contributed by atoms with Crippen molar-refractivity contribution in [1.29, 1.82) is 0 Å². The summed E-state index contributed by atoms with van der Waals surface area (Å²) in [5.74, 6) is -0.900. The van der Waals surface area contributed by atoms with Crippen LogP contribution >= 0.6 is 0 Å². The van der Waals surface area contributed by atoms with Crippen LogP contribution in [0.15, 0.2) is 36.4 Å². The van der Waals surface area contributed by atoms with Gasteiger partial charge < -0.3 is 4.74 Å². The van der Waals surface area contributed by atoms with E-state index in [9.17, 15) is 19.3 Å². The second-order valence-electron chi connectivity index (χ2n) is 3.42. The van der Waals surface area contributed by atoms with Gasteiger partial charge in [-0.1, -0.05) is 18.7 Å². The molecule has 0 saturated carbocycles. The van der Waals surface area contributed by atoms with E-state index >= 15 is 0 Å². The lowest BCUT2D eigenvalue weighted by molar-refractivity contribution is -0.385. The molecule has 0 aliphatic rings. The first-order valence-corrected chi connectivity index (χ1v) is 5.22. The van der Waals surface area contributed by atoms with E-state index in [-0.39, 0.29) is 12.2 Å².